The van der Waals surface area contributed by atoms with Crippen molar-refractivity contribution in [1.82, 2.24) is 0 Å². The molecular formula is C22H37IO8. The number of benzene rings is 1. The molecule has 0 aliphatic rings. The Morgan fingerprint density at radius 2 is 0.742 bits per heavy atom. The molecule has 0 saturated carbocycles. The summed E-state index contributed by atoms with van der Waals surface area (Å²) in [6.07, 6.45) is 0. The summed E-state index contributed by atoms with van der Waals surface area (Å²) in [5.41, 5.74) is 0. The minimum Gasteiger partial charge on any atom is -0.491 e. The number of ether oxygens (including phenoxy) is 8. The molecule has 9 heteroatoms. The van der Waals surface area contributed by atoms with E-state index in [-0.39, 0.29) is 0 Å². The first-order valence-corrected chi connectivity index (χ1v) is 12.2. The van der Waals surface area contributed by atoms with Gasteiger partial charge in [-0.15, -0.1) is 0 Å². The molecule has 0 bridgehead atoms. The quantitative estimate of drug-likeness (QED) is 0.109. The van der Waals surface area contributed by atoms with Gasteiger partial charge in [0, 0.05) is 4.43 Å². The molecule has 8 nitrogen and oxygen atoms in total. The molecular weight excluding hydrogens is 519 g/mol. The fourth-order valence-corrected chi connectivity index (χ4v) is 2.52. The average Bonchev–Trinajstić information content (AvgIpc) is 2.80. The second-order valence-corrected chi connectivity index (χ2v) is 7.22. The Morgan fingerprint density at radius 3 is 1.10 bits per heavy atom. The summed E-state index contributed by atoms with van der Waals surface area (Å²) in [5.74, 6) is 0.852. The molecule has 0 saturated heterocycles. The van der Waals surface area contributed by atoms with Gasteiger partial charge in [0.2, 0.25) is 0 Å². The molecule has 180 valence electrons. The van der Waals surface area contributed by atoms with Crippen LogP contribution < -0.4 is 4.74 Å². The van der Waals surface area contributed by atoms with Crippen LogP contribution in [-0.4, -0.2) is 104 Å². The van der Waals surface area contributed by atoms with Crippen LogP contribution in [0.2, 0.25) is 0 Å². The van der Waals surface area contributed by atoms with Crippen molar-refractivity contribution >= 4 is 22.6 Å². The lowest BCUT2D eigenvalue weighted by Crippen LogP contribution is -2.15. The number of alkyl halides is 1. The van der Waals surface area contributed by atoms with Crippen LogP contribution in [0.15, 0.2) is 30.3 Å². The molecule has 0 N–H and O–H groups in total. The minimum atomic E-state index is 0.528. The van der Waals surface area contributed by atoms with Gasteiger partial charge in [-0.2, -0.15) is 0 Å². The van der Waals surface area contributed by atoms with E-state index < -0.39 is 0 Å². The Labute approximate surface area is 199 Å². The number of hydrogen-bond donors (Lipinski definition) is 0. The summed E-state index contributed by atoms with van der Waals surface area (Å²) in [5, 5.41) is 0. The van der Waals surface area contributed by atoms with Crippen LogP contribution in [0.1, 0.15) is 0 Å². The van der Waals surface area contributed by atoms with Crippen LogP contribution in [0.5, 0.6) is 5.75 Å². The summed E-state index contributed by atoms with van der Waals surface area (Å²) in [6, 6.07) is 9.69. The van der Waals surface area contributed by atoms with Crippen LogP contribution in [-0.2, 0) is 33.2 Å². The average molecular weight is 556 g/mol. The Balaban J connectivity index is 1.65. The van der Waals surface area contributed by atoms with Crippen molar-refractivity contribution in [2.24, 2.45) is 0 Å². The molecule has 1 aromatic carbocycles. The first kappa shape index (κ1) is 28.5. The van der Waals surface area contributed by atoms with Gasteiger partial charge in [0.25, 0.3) is 0 Å². The van der Waals surface area contributed by atoms with E-state index in [0.29, 0.717) is 92.5 Å². The van der Waals surface area contributed by atoms with E-state index in [1.54, 1.807) is 0 Å². The van der Waals surface area contributed by atoms with E-state index in [1.807, 2.05) is 30.3 Å². The zero-order valence-corrected chi connectivity index (χ0v) is 20.5. The molecule has 0 radical (unpaired) electrons. The lowest BCUT2D eigenvalue weighted by Gasteiger charge is -2.09. The van der Waals surface area contributed by atoms with Crippen molar-refractivity contribution in [3.8, 4) is 5.75 Å². The largest absolute Gasteiger partial charge is 0.491 e. The Bertz CT molecular complexity index is 466. The van der Waals surface area contributed by atoms with Crippen LogP contribution >= 0.6 is 22.6 Å². The Kier molecular flexibility index (Phi) is 22.2. The highest BCUT2D eigenvalue weighted by molar-refractivity contribution is 14.1. The summed E-state index contributed by atoms with van der Waals surface area (Å²) >= 11 is 2.28. The third-order valence-corrected chi connectivity index (χ3v) is 4.13. The van der Waals surface area contributed by atoms with Gasteiger partial charge in [-0.1, -0.05) is 40.8 Å². The van der Waals surface area contributed by atoms with E-state index in [1.165, 1.54) is 0 Å². The lowest BCUT2D eigenvalue weighted by atomic mass is 10.3. The number of para-hydroxylation sites is 1. The Morgan fingerprint density at radius 1 is 0.419 bits per heavy atom. The summed E-state index contributed by atoms with van der Waals surface area (Å²) < 4.78 is 44.4. The third kappa shape index (κ3) is 21.1. The minimum absolute atomic E-state index is 0.528. The monoisotopic (exact) mass is 556 g/mol. The molecule has 0 spiro atoms. The van der Waals surface area contributed by atoms with Gasteiger partial charge >= 0.3 is 0 Å². The van der Waals surface area contributed by atoms with Crippen molar-refractivity contribution in [2.45, 2.75) is 0 Å². The smallest absolute Gasteiger partial charge is 0.119 e. The molecule has 0 fully saturated rings. The summed E-state index contributed by atoms with van der Waals surface area (Å²) in [4.78, 5) is 0. The third-order valence-electron chi connectivity index (χ3n) is 3.69. The first-order valence-electron chi connectivity index (χ1n) is 10.7. The van der Waals surface area contributed by atoms with Gasteiger partial charge < -0.3 is 37.9 Å². The zero-order chi connectivity index (χ0) is 22.1. The molecule has 1 rings (SSSR count). The maximum absolute atomic E-state index is 5.53. The molecule has 0 aromatic heterocycles. The molecule has 1 aromatic rings. The fraction of sp³-hybridized carbons (Fsp3) is 0.727. The zero-order valence-electron chi connectivity index (χ0n) is 18.3. The number of hydrogen-bond acceptors (Lipinski definition) is 8. The van der Waals surface area contributed by atoms with Crippen LogP contribution in [0.4, 0.5) is 0 Å². The second-order valence-electron chi connectivity index (χ2n) is 6.14. The van der Waals surface area contributed by atoms with E-state index in [0.717, 1.165) is 16.8 Å². The normalized spacial score (nSPS) is 11.1. The molecule has 0 amide bonds. The van der Waals surface area contributed by atoms with E-state index in [4.69, 9.17) is 37.9 Å². The van der Waals surface area contributed by atoms with Crippen molar-refractivity contribution in [3.63, 3.8) is 0 Å². The van der Waals surface area contributed by atoms with Crippen molar-refractivity contribution in [3.05, 3.63) is 30.3 Å². The standard InChI is InChI=1S/C22H37IO8/c23-6-7-24-8-9-25-10-11-26-12-13-27-14-15-28-16-17-29-18-19-30-20-21-31-22-4-2-1-3-5-22/h1-5H,6-21H2. The summed E-state index contributed by atoms with van der Waals surface area (Å²) in [6.45, 7) is 8.54. The molecule has 0 aliphatic carbocycles. The highest BCUT2D eigenvalue weighted by Crippen LogP contribution is 2.07. The number of halogens is 1. The number of rotatable bonds is 24. The van der Waals surface area contributed by atoms with Gasteiger partial charge in [-0.25, -0.2) is 0 Å². The topological polar surface area (TPSA) is 73.8 Å². The van der Waals surface area contributed by atoms with Gasteiger partial charge in [0.15, 0.2) is 0 Å². The molecule has 0 unspecified atom stereocenters. The maximum Gasteiger partial charge on any atom is 0.119 e. The molecule has 0 atom stereocenters. The lowest BCUT2D eigenvalue weighted by molar-refractivity contribution is -0.0208. The predicted molar refractivity (Wildman–Crippen MR) is 127 cm³/mol. The maximum atomic E-state index is 5.53. The molecule has 31 heavy (non-hydrogen) atoms. The molecule has 0 aliphatic heterocycles. The van der Waals surface area contributed by atoms with Crippen molar-refractivity contribution < 1.29 is 37.9 Å². The highest BCUT2D eigenvalue weighted by Gasteiger charge is 1.95. The Hall–Kier alpha value is -0.530. The van der Waals surface area contributed by atoms with Gasteiger partial charge in [-0.3, -0.25) is 0 Å². The highest BCUT2D eigenvalue weighted by atomic mass is 127. The van der Waals surface area contributed by atoms with E-state index in [9.17, 15) is 0 Å². The SMILES string of the molecule is ICCOCCOCCOCCOCCOCCOCCOCCOc1ccccc1. The van der Waals surface area contributed by atoms with Crippen LogP contribution in [0.25, 0.3) is 0 Å². The van der Waals surface area contributed by atoms with Gasteiger partial charge in [0.05, 0.1) is 92.5 Å². The van der Waals surface area contributed by atoms with Crippen molar-refractivity contribution in [2.75, 3.05) is 104 Å². The summed E-state index contributed by atoms with van der Waals surface area (Å²) in [7, 11) is 0. The second kappa shape index (κ2) is 24.1. The molecule has 0 heterocycles. The fourth-order valence-electron chi connectivity index (χ4n) is 2.21. The predicted octanol–water partition coefficient (Wildman–Crippen LogP) is 2.62. The van der Waals surface area contributed by atoms with Crippen LogP contribution in [0.3, 0.4) is 0 Å². The first-order chi connectivity index (χ1) is 15.4. The van der Waals surface area contributed by atoms with E-state index in [2.05, 4.69) is 22.6 Å². The van der Waals surface area contributed by atoms with Crippen LogP contribution in [0, 0.1) is 0 Å². The van der Waals surface area contributed by atoms with Gasteiger partial charge in [-0.05, 0) is 12.1 Å². The van der Waals surface area contributed by atoms with Gasteiger partial charge in [0.1, 0.15) is 12.4 Å². The van der Waals surface area contributed by atoms with E-state index >= 15 is 0 Å². The van der Waals surface area contributed by atoms with Crippen molar-refractivity contribution in [1.29, 1.82) is 0 Å².